The minimum absolute atomic E-state index is 0.824. The van der Waals surface area contributed by atoms with Crippen LogP contribution in [0.15, 0.2) is 42.5 Å². The van der Waals surface area contributed by atoms with E-state index in [1.54, 1.807) is 0 Å². The third kappa shape index (κ3) is 1.58. The molecular weight excluding hydrogens is 194 g/mol. The fourth-order valence-corrected chi connectivity index (χ4v) is 2.43. The van der Waals surface area contributed by atoms with Crippen LogP contribution < -0.4 is 5.73 Å². The molecule has 0 aromatic heterocycles. The highest BCUT2D eigenvalue weighted by Gasteiger charge is 2.11. The maximum atomic E-state index is 5.69. The first kappa shape index (κ1) is 9.46. The molecule has 0 heterocycles. The van der Waals surface area contributed by atoms with Crippen molar-refractivity contribution in [2.45, 2.75) is 19.3 Å². The molecular formula is C15H15N. The van der Waals surface area contributed by atoms with Gasteiger partial charge in [0.2, 0.25) is 0 Å². The van der Waals surface area contributed by atoms with Gasteiger partial charge < -0.3 is 5.73 Å². The van der Waals surface area contributed by atoms with Crippen molar-refractivity contribution in [3.05, 3.63) is 53.6 Å². The minimum atomic E-state index is 0.824. The van der Waals surface area contributed by atoms with Crippen LogP contribution >= 0.6 is 0 Å². The summed E-state index contributed by atoms with van der Waals surface area (Å²) in [6.07, 6.45) is 3.79. The number of benzene rings is 2. The average molecular weight is 209 g/mol. The molecule has 80 valence electrons. The van der Waals surface area contributed by atoms with E-state index in [1.165, 1.54) is 41.5 Å². The summed E-state index contributed by atoms with van der Waals surface area (Å²) < 4.78 is 0. The zero-order valence-corrected chi connectivity index (χ0v) is 9.24. The largest absolute Gasteiger partial charge is 0.399 e. The molecule has 0 saturated heterocycles. The number of fused-ring (bicyclic) bond motifs is 1. The summed E-state index contributed by atoms with van der Waals surface area (Å²) in [5.74, 6) is 0. The Morgan fingerprint density at radius 3 is 2.25 bits per heavy atom. The highest BCUT2D eigenvalue weighted by atomic mass is 14.5. The first-order valence-corrected chi connectivity index (χ1v) is 5.81. The van der Waals surface area contributed by atoms with E-state index >= 15 is 0 Å². The first-order chi connectivity index (χ1) is 7.83. The maximum Gasteiger partial charge on any atom is 0.0314 e. The fraction of sp³-hybridized carbons (Fsp3) is 0.200. The van der Waals surface area contributed by atoms with Crippen molar-refractivity contribution in [2.75, 3.05) is 5.73 Å². The molecule has 0 atom stereocenters. The van der Waals surface area contributed by atoms with Gasteiger partial charge in [0.05, 0.1) is 0 Å². The zero-order valence-electron chi connectivity index (χ0n) is 9.24. The van der Waals surface area contributed by atoms with E-state index in [0.717, 1.165) is 5.69 Å². The predicted octanol–water partition coefficient (Wildman–Crippen LogP) is 3.42. The van der Waals surface area contributed by atoms with Crippen LogP contribution in [0.4, 0.5) is 5.69 Å². The molecule has 0 fully saturated rings. The summed E-state index contributed by atoms with van der Waals surface area (Å²) in [6, 6.07) is 14.9. The number of rotatable bonds is 1. The summed E-state index contributed by atoms with van der Waals surface area (Å²) in [5, 5.41) is 0. The molecule has 16 heavy (non-hydrogen) atoms. The first-order valence-electron chi connectivity index (χ1n) is 5.81. The van der Waals surface area contributed by atoms with Crippen molar-refractivity contribution in [1.29, 1.82) is 0 Å². The van der Waals surface area contributed by atoms with Gasteiger partial charge in [-0.15, -0.1) is 0 Å². The molecule has 2 aromatic carbocycles. The van der Waals surface area contributed by atoms with E-state index < -0.39 is 0 Å². The Hall–Kier alpha value is -1.76. The highest BCUT2D eigenvalue weighted by Crippen LogP contribution is 2.28. The molecule has 1 aliphatic carbocycles. The second-order valence-electron chi connectivity index (χ2n) is 4.46. The van der Waals surface area contributed by atoms with E-state index in [2.05, 4.69) is 30.3 Å². The minimum Gasteiger partial charge on any atom is -0.399 e. The van der Waals surface area contributed by atoms with Crippen molar-refractivity contribution >= 4 is 5.69 Å². The lowest BCUT2D eigenvalue weighted by Gasteiger charge is -2.05. The van der Waals surface area contributed by atoms with Gasteiger partial charge in [-0.2, -0.15) is 0 Å². The topological polar surface area (TPSA) is 26.0 Å². The molecule has 0 saturated carbocycles. The molecule has 2 aromatic rings. The summed E-state index contributed by atoms with van der Waals surface area (Å²) in [5.41, 5.74) is 12.1. The monoisotopic (exact) mass is 209 g/mol. The van der Waals surface area contributed by atoms with Crippen molar-refractivity contribution in [2.24, 2.45) is 0 Å². The Bertz CT molecular complexity index is 511. The maximum absolute atomic E-state index is 5.69. The van der Waals surface area contributed by atoms with Crippen LogP contribution in [0.3, 0.4) is 0 Å². The van der Waals surface area contributed by atoms with Crippen molar-refractivity contribution in [3.63, 3.8) is 0 Å². The Labute approximate surface area is 95.9 Å². The van der Waals surface area contributed by atoms with Gasteiger partial charge in [0.15, 0.2) is 0 Å². The quantitative estimate of drug-likeness (QED) is 0.715. The van der Waals surface area contributed by atoms with E-state index in [4.69, 9.17) is 5.73 Å². The van der Waals surface area contributed by atoms with Crippen molar-refractivity contribution in [1.82, 2.24) is 0 Å². The fourth-order valence-electron chi connectivity index (χ4n) is 2.43. The Kier molecular flexibility index (Phi) is 2.17. The highest BCUT2D eigenvalue weighted by molar-refractivity contribution is 5.67. The predicted molar refractivity (Wildman–Crippen MR) is 68.3 cm³/mol. The van der Waals surface area contributed by atoms with Gasteiger partial charge in [-0.3, -0.25) is 0 Å². The second-order valence-corrected chi connectivity index (χ2v) is 4.46. The van der Waals surface area contributed by atoms with E-state index in [0.29, 0.717) is 0 Å². The molecule has 1 aliphatic rings. The van der Waals surface area contributed by atoms with Crippen molar-refractivity contribution in [3.8, 4) is 11.1 Å². The van der Waals surface area contributed by atoms with Gasteiger partial charge >= 0.3 is 0 Å². The molecule has 1 heteroatoms. The number of nitrogens with two attached hydrogens (primary N) is 1. The number of hydrogen-bond donors (Lipinski definition) is 1. The Balaban J connectivity index is 2.03. The number of nitrogen functional groups attached to an aromatic ring is 1. The van der Waals surface area contributed by atoms with Gasteiger partial charge in [-0.1, -0.05) is 30.3 Å². The molecule has 0 aliphatic heterocycles. The van der Waals surface area contributed by atoms with Gasteiger partial charge in [0, 0.05) is 5.69 Å². The summed E-state index contributed by atoms with van der Waals surface area (Å²) in [7, 11) is 0. The van der Waals surface area contributed by atoms with Crippen LogP contribution in [0.2, 0.25) is 0 Å². The zero-order chi connectivity index (χ0) is 11.0. The van der Waals surface area contributed by atoms with E-state index in [-0.39, 0.29) is 0 Å². The van der Waals surface area contributed by atoms with Crippen LogP contribution in [-0.2, 0) is 12.8 Å². The van der Waals surface area contributed by atoms with Crippen LogP contribution in [-0.4, -0.2) is 0 Å². The lowest BCUT2D eigenvalue weighted by Crippen LogP contribution is -1.86. The molecule has 2 N–H and O–H groups in total. The molecule has 0 unspecified atom stereocenters. The molecule has 1 nitrogen and oxygen atoms in total. The van der Waals surface area contributed by atoms with Gasteiger partial charge in [-0.05, 0) is 53.6 Å². The standard InChI is InChI=1S/C15H15N/c16-15-8-6-12(7-9-15)14-5-4-11-2-1-3-13(11)10-14/h4-10H,1-3,16H2. The number of aryl methyl sites for hydroxylation is 2. The summed E-state index contributed by atoms with van der Waals surface area (Å²) >= 11 is 0. The van der Waals surface area contributed by atoms with Crippen LogP contribution in [0.5, 0.6) is 0 Å². The summed E-state index contributed by atoms with van der Waals surface area (Å²) in [4.78, 5) is 0. The summed E-state index contributed by atoms with van der Waals surface area (Å²) in [6.45, 7) is 0. The average Bonchev–Trinajstić information content (AvgIpc) is 2.77. The van der Waals surface area contributed by atoms with E-state index in [9.17, 15) is 0 Å². The third-order valence-corrected chi connectivity index (χ3v) is 3.34. The SMILES string of the molecule is Nc1ccc(-c2ccc3c(c2)CCC3)cc1. The molecule has 0 spiro atoms. The molecule has 0 radical (unpaired) electrons. The third-order valence-electron chi connectivity index (χ3n) is 3.34. The Morgan fingerprint density at radius 1 is 0.750 bits per heavy atom. The molecule has 0 bridgehead atoms. The lowest BCUT2D eigenvalue weighted by atomic mass is 10.0. The van der Waals surface area contributed by atoms with Crippen molar-refractivity contribution < 1.29 is 0 Å². The lowest BCUT2D eigenvalue weighted by molar-refractivity contribution is 0.912. The van der Waals surface area contributed by atoms with Crippen LogP contribution in [0.25, 0.3) is 11.1 Å². The van der Waals surface area contributed by atoms with Crippen LogP contribution in [0.1, 0.15) is 17.5 Å². The van der Waals surface area contributed by atoms with Gasteiger partial charge in [-0.25, -0.2) is 0 Å². The van der Waals surface area contributed by atoms with Crippen LogP contribution in [0, 0.1) is 0 Å². The number of hydrogen-bond acceptors (Lipinski definition) is 1. The smallest absolute Gasteiger partial charge is 0.0314 e. The second kappa shape index (κ2) is 3.67. The Morgan fingerprint density at radius 2 is 1.44 bits per heavy atom. The van der Waals surface area contributed by atoms with Gasteiger partial charge in [0.25, 0.3) is 0 Å². The van der Waals surface area contributed by atoms with E-state index in [1.807, 2.05) is 12.1 Å². The normalized spacial score (nSPS) is 13.8. The molecule has 0 amide bonds. The number of anilines is 1. The molecule has 3 rings (SSSR count). The van der Waals surface area contributed by atoms with Gasteiger partial charge in [0.1, 0.15) is 0 Å².